The Balaban J connectivity index is 2.50. The molecule has 1 amide bonds. The van der Waals surface area contributed by atoms with Crippen LogP contribution >= 0.6 is 0 Å². The largest absolute Gasteiger partial charge is 0.386 e. The average Bonchev–Trinajstić information content (AvgIpc) is 2.66. The lowest BCUT2D eigenvalue weighted by Gasteiger charge is -2.20. The van der Waals surface area contributed by atoms with Crippen LogP contribution in [-0.4, -0.2) is 15.2 Å². The molecule has 0 heterocycles. The number of carbonyl (C=O) groups is 1. The van der Waals surface area contributed by atoms with Crippen molar-refractivity contribution in [3.05, 3.63) is 64.0 Å². The first-order valence-corrected chi connectivity index (χ1v) is 12.1. The van der Waals surface area contributed by atoms with Gasteiger partial charge in [-0.05, 0) is 65.6 Å². The molecule has 1 atom stereocenters. The van der Waals surface area contributed by atoms with Crippen molar-refractivity contribution in [1.29, 1.82) is 0 Å². The quantitative estimate of drug-likeness (QED) is 0.584. The molecule has 0 fully saturated rings. The van der Waals surface area contributed by atoms with E-state index in [1.165, 1.54) is 26.0 Å². The van der Waals surface area contributed by atoms with E-state index in [9.17, 15) is 22.9 Å². The third-order valence-corrected chi connectivity index (χ3v) is 6.73. The van der Waals surface area contributed by atoms with Crippen molar-refractivity contribution < 1.29 is 22.9 Å². The smallest absolute Gasteiger partial charge is 0.259 e. The summed E-state index contributed by atoms with van der Waals surface area (Å²) in [5.41, 5.74) is 1.84. The van der Waals surface area contributed by atoms with Gasteiger partial charge in [0.05, 0.1) is 16.9 Å². The fraction of sp³-hybridized carbons (Fsp3) is 0.458. The van der Waals surface area contributed by atoms with Crippen LogP contribution in [0.2, 0.25) is 0 Å². The highest BCUT2D eigenvalue weighted by atomic mass is 32.2. The van der Waals surface area contributed by atoms with Gasteiger partial charge in [0.25, 0.3) is 5.91 Å². The Bertz CT molecular complexity index is 1100. The Morgan fingerprint density at radius 2 is 1.66 bits per heavy atom. The van der Waals surface area contributed by atoms with E-state index in [1.807, 2.05) is 27.7 Å². The third-order valence-electron chi connectivity index (χ3n) is 5.30. The van der Waals surface area contributed by atoms with Gasteiger partial charge in [-0.1, -0.05) is 45.9 Å². The zero-order valence-corrected chi connectivity index (χ0v) is 20.2. The van der Waals surface area contributed by atoms with Crippen LogP contribution in [0, 0.1) is 5.82 Å². The van der Waals surface area contributed by atoms with E-state index < -0.39 is 38.8 Å². The lowest BCUT2D eigenvalue weighted by molar-refractivity contribution is -0.117. The number of nitrogens with zero attached hydrogens (tertiary/aromatic N) is 1. The van der Waals surface area contributed by atoms with Gasteiger partial charge in [0.15, 0.2) is 0 Å². The fourth-order valence-electron chi connectivity index (χ4n) is 3.60. The van der Waals surface area contributed by atoms with Gasteiger partial charge in [0.2, 0.25) is 0 Å². The molecule has 0 bridgehead atoms. The monoisotopic (exact) mass is 466 g/mol. The summed E-state index contributed by atoms with van der Waals surface area (Å²) >= 11 is 0. The molecule has 0 aliphatic rings. The van der Waals surface area contributed by atoms with E-state index in [4.69, 9.17) is 5.14 Å². The van der Waals surface area contributed by atoms with Crippen LogP contribution in [0.25, 0.3) is 0 Å². The SMILES string of the molecule is CC(C)c1cc(CF)cc(C(C)C)c1CC(=O)N=S(N)(=O)c1ccc(C(C)(C)O)cc1F. The van der Waals surface area contributed by atoms with Crippen LogP contribution in [-0.2, 0) is 33.4 Å². The van der Waals surface area contributed by atoms with Crippen molar-refractivity contribution in [1.82, 2.24) is 0 Å². The van der Waals surface area contributed by atoms with Crippen LogP contribution in [0.3, 0.4) is 0 Å². The molecule has 8 heteroatoms. The first-order valence-electron chi connectivity index (χ1n) is 10.5. The Labute approximate surface area is 189 Å². The van der Waals surface area contributed by atoms with Crippen molar-refractivity contribution in [3.8, 4) is 0 Å². The first-order chi connectivity index (χ1) is 14.7. The summed E-state index contributed by atoms with van der Waals surface area (Å²) in [7, 11) is -3.84. The number of hydrogen-bond acceptors (Lipinski definition) is 3. The second kappa shape index (κ2) is 9.77. The molecule has 0 aliphatic carbocycles. The highest BCUT2D eigenvalue weighted by Crippen LogP contribution is 2.31. The minimum Gasteiger partial charge on any atom is -0.386 e. The summed E-state index contributed by atoms with van der Waals surface area (Å²) in [5.74, 6) is -1.61. The third kappa shape index (κ3) is 5.99. The number of carbonyl (C=O) groups excluding carboxylic acids is 1. The lowest BCUT2D eigenvalue weighted by Crippen LogP contribution is -2.20. The number of aliphatic hydroxyl groups is 1. The van der Waals surface area contributed by atoms with Crippen LogP contribution in [0.4, 0.5) is 8.78 Å². The molecule has 0 aromatic heterocycles. The maximum atomic E-state index is 14.6. The highest BCUT2D eigenvalue weighted by Gasteiger charge is 2.23. The number of benzene rings is 2. The van der Waals surface area contributed by atoms with Gasteiger partial charge in [-0.3, -0.25) is 4.79 Å². The van der Waals surface area contributed by atoms with E-state index in [-0.39, 0.29) is 23.8 Å². The van der Waals surface area contributed by atoms with Gasteiger partial charge in [0.1, 0.15) is 22.4 Å². The molecule has 0 radical (unpaired) electrons. The van der Waals surface area contributed by atoms with Crippen molar-refractivity contribution in [3.63, 3.8) is 0 Å². The van der Waals surface area contributed by atoms with Crippen molar-refractivity contribution in [2.45, 2.75) is 77.0 Å². The Morgan fingerprint density at radius 3 is 2.06 bits per heavy atom. The summed E-state index contributed by atoms with van der Waals surface area (Å²) in [6.45, 7) is 10.1. The average molecular weight is 467 g/mol. The predicted octanol–water partition coefficient (Wildman–Crippen LogP) is 5.24. The summed E-state index contributed by atoms with van der Waals surface area (Å²) in [5, 5.41) is 15.8. The summed E-state index contributed by atoms with van der Waals surface area (Å²) in [6, 6.07) is 7.07. The summed E-state index contributed by atoms with van der Waals surface area (Å²) < 4.78 is 44.6. The molecule has 2 rings (SSSR count). The molecule has 0 saturated heterocycles. The molecule has 5 nitrogen and oxygen atoms in total. The van der Waals surface area contributed by atoms with Crippen LogP contribution in [0.1, 0.15) is 81.2 Å². The number of alkyl halides is 1. The number of halogens is 2. The second-order valence-corrected chi connectivity index (χ2v) is 10.9. The van der Waals surface area contributed by atoms with Crippen molar-refractivity contribution in [2.75, 3.05) is 0 Å². The van der Waals surface area contributed by atoms with Gasteiger partial charge < -0.3 is 5.11 Å². The van der Waals surface area contributed by atoms with Crippen LogP contribution in [0.5, 0.6) is 0 Å². The highest BCUT2D eigenvalue weighted by molar-refractivity contribution is 7.91. The molecule has 176 valence electrons. The minimum atomic E-state index is -3.84. The molecular formula is C24H32F2N2O3S. The Morgan fingerprint density at radius 1 is 1.12 bits per heavy atom. The topological polar surface area (TPSA) is 92.8 Å². The number of amides is 1. The van der Waals surface area contributed by atoms with E-state index in [0.29, 0.717) is 11.1 Å². The maximum absolute atomic E-state index is 14.6. The molecule has 32 heavy (non-hydrogen) atoms. The molecule has 1 unspecified atom stereocenters. The summed E-state index contributed by atoms with van der Waals surface area (Å²) in [6.07, 6.45) is -0.175. The van der Waals surface area contributed by atoms with E-state index >= 15 is 0 Å². The van der Waals surface area contributed by atoms with E-state index in [1.54, 1.807) is 12.1 Å². The number of rotatable bonds is 7. The number of hydrogen-bond donors (Lipinski definition) is 2. The van der Waals surface area contributed by atoms with Gasteiger partial charge in [-0.25, -0.2) is 18.1 Å². The molecular weight excluding hydrogens is 434 g/mol. The lowest BCUT2D eigenvalue weighted by atomic mass is 9.85. The number of nitrogens with two attached hydrogens (primary N) is 1. The maximum Gasteiger partial charge on any atom is 0.259 e. The van der Waals surface area contributed by atoms with Gasteiger partial charge in [-0.15, -0.1) is 4.36 Å². The van der Waals surface area contributed by atoms with Crippen LogP contribution < -0.4 is 5.14 Å². The van der Waals surface area contributed by atoms with Gasteiger partial charge in [-0.2, -0.15) is 0 Å². The minimum absolute atomic E-state index is 0.0239. The van der Waals surface area contributed by atoms with Crippen molar-refractivity contribution >= 4 is 15.8 Å². The molecule has 2 aromatic carbocycles. The molecule has 0 saturated carbocycles. The second-order valence-electron chi connectivity index (χ2n) is 9.13. The molecule has 0 aliphatic heterocycles. The van der Waals surface area contributed by atoms with Gasteiger partial charge >= 0.3 is 0 Å². The van der Waals surface area contributed by atoms with Gasteiger partial charge in [0, 0.05) is 0 Å². The molecule has 2 aromatic rings. The first kappa shape index (κ1) is 26.1. The van der Waals surface area contributed by atoms with E-state index in [2.05, 4.69) is 4.36 Å². The Hall–Kier alpha value is -2.16. The fourth-order valence-corrected chi connectivity index (χ4v) is 4.66. The van der Waals surface area contributed by atoms with Crippen molar-refractivity contribution in [2.24, 2.45) is 9.50 Å². The molecule has 3 N–H and O–H groups in total. The van der Waals surface area contributed by atoms with Crippen LogP contribution in [0.15, 0.2) is 39.6 Å². The zero-order valence-electron chi connectivity index (χ0n) is 19.4. The predicted molar refractivity (Wildman–Crippen MR) is 123 cm³/mol. The molecule has 0 spiro atoms. The zero-order chi connectivity index (χ0) is 24.4. The summed E-state index contributed by atoms with van der Waals surface area (Å²) in [4.78, 5) is 12.4. The Kier molecular flexibility index (Phi) is 7.96. The van der Waals surface area contributed by atoms with E-state index in [0.717, 1.165) is 17.2 Å². The normalized spacial score (nSPS) is 14.0. The standard InChI is InChI=1S/C24H32F2N2O3S/c1-14(2)18-9-16(13-25)10-19(15(3)4)20(18)12-23(29)28-32(27,31)22-8-7-17(11-21(22)26)24(5,6)30/h7-11,14-15,30H,12-13H2,1-6H3,(H2,27,28,29,31).